The first-order chi connectivity index (χ1) is 9.38. The van der Waals surface area contributed by atoms with Gasteiger partial charge in [-0.15, -0.1) is 11.3 Å². The fraction of sp³-hybridized carbons (Fsp3) is 0.583. The lowest BCUT2D eigenvalue weighted by Gasteiger charge is -2.20. The van der Waals surface area contributed by atoms with Crippen molar-refractivity contribution in [1.82, 2.24) is 9.62 Å². The number of hydrogen-bond donors (Lipinski definition) is 2. The second-order valence-electron chi connectivity index (χ2n) is 4.99. The third kappa shape index (κ3) is 3.78. The summed E-state index contributed by atoms with van der Waals surface area (Å²) >= 11 is 0.925. The molecule has 8 heteroatoms. The molecule has 0 spiro atoms. The molecule has 1 fully saturated rings. The molecule has 0 bridgehead atoms. The van der Waals surface area contributed by atoms with E-state index in [4.69, 9.17) is 5.11 Å². The third-order valence-electron chi connectivity index (χ3n) is 3.17. The summed E-state index contributed by atoms with van der Waals surface area (Å²) in [6.45, 7) is 4.51. The van der Waals surface area contributed by atoms with Crippen LogP contribution in [0.1, 0.15) is 30.1 Å². The molecular weight excluding hydrogens is 300 g/mol. The Labute approximate surface area is 122 Å². The normalized spacial score (nSPS) is 18.2. The Morgan fingerprint density at radius 2 is 2.15 bits per heavy atom. The van der Waals surface area contributed by atoms with Gasteiger partial charge in [-0.25, -0.2) is 17.9 Å². The van der Waals surface area contributed by atoms with E-state index in [0.29, 0.717) is 6.54 Å². The van der Waals surface area contributed by atoms with Gasteiger partial charge in [-0.05, 0) is 38.9 Å². The summed E-state index contributed by atoms with van der Waals surface area (Å²) in [6, 6.07) is 0.992. The van der Waals surface area contributed by atoms with Crippen LogP contribution in [0.5, 0.6) is 0 Å². The molecule has 2 N–H and O–H groups in total. The Morgan fingerprint density at radius 1 is 1.50 bits per heavy atom. The number of carboxylic acids is 1. The Kier molecular flexibility index (Phi) is 4.79. The number of nitrogens with one attached hydrogen (secondary N) is 1. The number of sulfonamides is 1. The maximum Gasteiger partial charge on any atom is 0.336 e. The highest BCUT2D eigenvalue weighted by Gasteiger charge is 2.23. The molecule has 0 aromatic carbocycles. The van der Waals surface area contributed by atoms with Crippen LogP contribution < -0.4 is 4.72 Å². The topological polar surface area (TPSA) is 86.7 Å². The van der Waals surface area contributed by atoms with E-state index in [1.807, 2.05) is 6.92 Å². The third-order valence-corrected chi connectivity index (χ3v) is 6.20. The molecule has 1 unspecified atom stereocenters. The fourth-order valence-corrected chi connectivity index (χ4v) is 4.69. The monoisotopic (exact) mass is 318 g/mol. The summed E-state index contributed by atoms with van der Waals surface area (Å²) in [5.74, 6) is -1.12. The van der Waals surface area contributed by atoms with Crippen LogP contribution in [0.15, 0.2) is 15.7 Å². The first-order valence-electron chi connectivity index (χ1n) is 6.45. The zero-order valence-corrected chi connectivity index (χ0v) is 12.8. The molecule has 0 radical (unpaired) electrons. The Bertz CT molecular complexity index is 576. The predicted molar refractivity (Wildman–Crippen MR) is 76.7 cm³/mol. The molecule has 1 atom stereocenters. The van der Waals surface area contributed by atoms with E-state index < -0.39 is 16.0 Å². The number of thiophene rings is 1. The van der Waals surface area contributed by atoms with Crippen LogP contribution in [0, 0.1) is 0 Å². The summed E-state index contributed by atoms with van der Waals surface area (Å²) in [5.41, 5.74) is 0.00238. The highest BCUT2D eigenvalue weighted by molar-refractivity contribution is 7.91. The maximum atomic E-state index is 12.1. The van der Waals surface area contributed by atoms with Gasteiger partial charge in [0.25, 0.3) is 0 Å². The van der Waals surface area contributed by atoms with Gasteiger partial charge in [-0.1, -0.05) is 0 Å². The first kappa shape index (κ1) is 15.4. The van der Waals surface area contributed by atoms with E-state index in [-0.39, 0.29) is 15.8 Å². The van der Waals surface area contributed by atoms with Crippen LogP contribution in [0.2, 0.25) is 0 Å². The lowest BCUT2D eigenvalue weighted by atomic mass is 10.3. The van der Waals surface area contributed by atoms with Gasteiger partial charge in [0, 0.05) is 18.0 Å². The SMILES string of the molecule is CC(CN1CCCC1)NS(=O)(=O)c1cc(C(=O)O)cs1. The molecule has 1 aliphatic heterocycles. The second-order valence-corrected chi connectivity index (χ2v) is 7.84. The van der Waals surface area contributed by atoms with Crippen molar-refractivity contribution < 1.29 is 18.3 Å². The van der Waals surface area contributed by atoms with Crippen molar-refractivity contribution in [2.75, 3.05) is 19.6 Å². The van der Waals surface area contributed by atoms with Gasteiger partial charge in [-0.2, -0.15) is 0 Å². The minimum atomic E-state index is -3.64. The average molecular weight is 318 g/mol. The highest BCUT2D eigenvalue weighted by atomic mass is 32.2. The van der Waals surface area contributed by atoms with E-state index in [0.717, 1.165) is 37.3 Å². The molecule has 6 nitrogen and oxygen atoms in total. The molecular formula is C12H18N2O4S2. The number of likely N-dealkylation sites (tertiary alicyclic amines) is 1. The van der Waals surface area contributed by atoms with Crippen LogP contribution in [-0.4, -0.2) is 50.1 Å². The van der Waals surface area contributed by atoms with Crippen LogP contribution in [0.4, 0.5) is 0 Å². The molecule has 0 aliphatic carbocycles. The molecule has 20 heavy (non-hydrogen) atoms. The molecule has 1 aromatic rings. The minimum Gasteiger partial charge on any atom is -0.478 e. The van der Waals surface area contributed by atoms with Gasteiger partial charge >= 0.3 is 5.97 Å². The number of carbonyl (C=O) groups is 1. The molecule has 0 amide bonds. The molecule has 0 saturated carbocycles. The summed E-state index contributed by atoms with van der Waals surface area (Å²) < 4.78 is 26.9. The summed E-state index contributed by atoms with van der Waals surface area (Å²) in [7, 11) is -3.64. The van der Waals surface area contributed by atoms with Crippen molar-refractivity contribution in [3.05, 3.63) is 17.0 Å². The zero-order valence-electron chi connectivity index (χ0n) is 11.2. The Morgan fingerprint density at radius 3 is 2.70 bits per heavy atom. The molecule has 112 valence electrons. The first-order valence-corrected chi connectivity index (χ1v) is 8.81. The van der Waals surface area contributed by atoms with E-state index >= 15 is 0 Å². The van der Waals surface area contributed by atoms with Crippen molar-refractivity contribution >= 4 is 27.3 Å². The van der Waals surface area contributed by atoms with Crippen molar-refractivity contribution in [1.29, 1.82) is 0 Å². The number of rotatable bonds is 6. The summed E-state index contributed by atoms with van der Waals surface area (Å²) in [6.07, 6.45) is 2.32. The maximum absolute atomic E-state index is 12.1. The molecule has 2 rings (SSSR count). The van der Waals surface area contributed by atoms with Crippen molar-refractivity contribution in [3.8, 4) is 0 Å². The quantitative estimate of drug-likeness (QED) is 0.823. The van der Waals surface area contributed by atoms with Gasteiger partial charge in [0.05, 0.1) is 5.56 Å². The van der Waals surface area contributed by atoms with Crippen LogP contribution in [-0.2, 0) is 10.0 Å². The molecule has 1 saturated heterocycles. The largest absolute Gasteiger partial charge is 0.478 e. The van der Waals surface area contributed by atoms with Gasteiger partial charge in [0.2, 0.25) is 10.0 Å². The standard InChI is InChI=1S/C12H18N2O4S2/c1-9(7-14-4-2-3-5-14)13-20(17,18)11-6-10(8-19-11)12(15)16/h6,8-9,13H,2-5,7H2,1H3,(H,15,16). The smallest absolute Gasteiger partial charge is 0.336 e. The zero-order chi connectivity index (χ0) is 14.8. The molecule has 1 aromatic heterocycles. The van der Waals surface area contributed by atoms with Crippen LogP contribution >= 0.6 is 11.3 Å². The highest BCUT2D eigenvalue weighted by Crippen LogP contribution is 2.20. The average Bonchev–Trinajstić information content (AvgIpc) is 2.97. The summed E-state index contributed by atoms with van der Waals surface area (Å²) in [4.78, 5) is 13.0. The van der Waals surface area contributed by atoms with Gasteiger partial charge < -0.3 is 10.0 Å². The lowest BCUT2D eigenvalue weighted by Crippen LogP contribution is -2.40. The number of aromatic carboxylic acids is 1. The van der Waals surface area contributed by atoms with Gasteiger partial charge in [0.15, 0.2) is 0 Å². The fourth-order valence-electron chi connectivity index (χ4n) is 2.28. The van der Waals surface area contributed by atoms with E-state index in [1.165, 1.54) is 11.4 Å². The van der Waals surface area contributed by atoms with E-state index in [9.17, 15) is 13.2 Å². The van der Waals surface area contributed by atoms with E-state index in [2.05, 4.69) is 9.62 Å². The minimum absolute atomic E-state index is 0.00238. The number of hydrogen-bond acceptors (Lipinski definition) is 5. The Hall–Kier alpha value is -0.960. The number of carboxylic acid groups (broad SMARTS) is 1. The van der Waals surface area contributed by atoms with Crippen LogP contribution in [0.3, 0.4) is 0 Å². The van der Waals surface area contributed by atoms with Gasteiger partial charge in [-0.3, -0.25) is 0 Å². The van der Waals surface area contributed by atoms with Crippen molar-refractivity contribution in [2.45, 2.75) is 30.0 Å². The van der Waals surface area contributed by atoms with Gasteiger partial charge in [0.1, 0.15) is 4.21 Å². The molecule has 2 heterocycles. The predicted octanol–water partition coefficient (Wildman–Crippen LogP) is 1.21. The Balaban J connectivity index is 2.00. The van der Waals surface area contributed by atoms with E-state index in [1.54, 1.807) is 0 Å². The number of nitrogens with zero attached hydrogens (tertiary/aromatic N) is 1. The van der Waals surface area contributed by atoms with Crippen LogP contribution in [0.25, 0.3) is 0 Å². The summed E-state index contributed by atoms with van der Waals surface area (Å²) in [5, 5.41) is 10.2. The van der Waals surface area contributed by atoms with Crippen molar-refractivity contribution in [3.63, 3.8) is 0 Å². The second kappa shape index (κ2) is 6.21. The van der Waals surface area contributed by atoms with Crippen molar-refractivity contribution in [2.24, 2.45) is 0 Å². The lowest BCUT2D eigenvalue weighted by molar-refractivity contribution is 0.0697. The molecule has 1 aliphatic rings.